The number of benzene rings is 1. The van der Waals surface area contributed by atoms with Gasteiger partial charge >= 0.3 is 0 Å². The average Bonchev–Trinajstić information content (AvgIpc) is 2.69. The van der Waals surface area contributed by atoms with E-state index in [1.807, 2.05) is 24.3 Å². The molecule has 0 aliphatic heterocycles. The fourth-order valence-corrected chi connectivity index (χ4v) is 2.29. The van der Waals surface area contributed by atoms with E-state index in [9.17, 15) is 5.11 Å². The standard InChI is InChI=1S/C12H17NO/c13-11-7-3-6-10(8-11)12(14)9-4-1-2-5-9/h3,6-9,12,14H,1-2,4-5,13H2. The van der Waals surface area contributed by atoms with E-state index >= 15 is 0 Å². The normalized spacial score (nSPS) is 19.8. The molecule has 1 aromatic rings. The molecule has 2 rings (SSSR count). The zero-order valence-electron chi connectivity index (χ0n) is 8.32. The van der Waals surface area contributed by atoms with Crippen molar-refractivity contribution in [2.75, 3.05) is 5.73 Å². The lowest BCUT2D eigenvalue weighted by molar-refractivity contribution is 0.112. The lowest BCUT2D eigenvalue weighted by atomic mass is 9.94. The van der Waals surface area contributed by atoms with Crippen molar-refractivity contribution in [3.8, 4) is 0 Å². The van der Waals surface area contributed by atoms with E-state index in [4.69, 9.17) is 5.73 Å². The van der Waals surface area contributed by atoms with Crippen LogP contribution >= 0.6 is 0 Å². The minimum absolute atomic E-state index is 0.319. The summed E-state index contributed by atoms with van der Waals surface area (Å²) in [6.45, 7) is 0. The fourth-order valence-electron chi connectivity index (χ4n) is 2.29. The minimum Gasteiger partial charge on any atom is -0.399 e. The van der Waals surface area contributed by atoms with Crippen molar-refractivity contribution >= 4 is 5.69 Å². The maximum atomic E-state index is 10.1. The SMILES string of the molecule is Nc1cccc(C(O)C2CCCC2)c1. The molecule has 1 aliphatic rings. The summed E-state index contributed by atoms with van der Waals surface area (Å²) in [7, 11) is 0. The van der Waals surface area contributed by atoms with Gasteiger partial charge in [-0.3, -0.25) is 0 Å². The van der Waals surface area contributed by atoms with Gasteiger partial charge in [0.15, 0.2) is 0 Å². The number of aliphatic hydroxyl groups excluding tert-OH is 1. The highest BCUT2D eigenvalue weighted by Gasteiger charge is 2.24. The molecule has 1 saturated carbocycles. The van der Waals surface area contributed by atoms with Crippen molar-refractivity contribution in [2.45, 2.75) is 31.8 Å². The molecule has 0 aromatic heterocycles. The first-order valence-corrected chi connectivity index (χ1v) is 5.31. The molecule has 2 heteroatoms. The van der Waals surface area contributed by atoms with Crippen molar-refractivity contribution < 1.29 is 5.11 Å². The van der Waals surface area contributed by atoms with Gasteiger partial charge in [-0.15, -0.1) is 0 Å². The number of rotatable bonds is 2. The van der Waals surface area contributed by atoms with Crippen LogP contribution in [0.1, 0.15) is 37.4 Å². The largest absolute Gasteiger partial charge is 0.399 e. The summed E-state index contributed by atoms with van der Waals surface area (Å²) in [4.78, 5) is 0. The summed E-state index contributed by atoms with van der Waals surface area (Å²) < 4.78 is 0. The van der Waals surface area contributed by atoms with Gasteiger partial charge in [0, 0.05) is 5.69 Å². The lowest BCUT2D eigenvalue weighted by Gasteiger charge is -2.18. The average molecular weight is 191 g/mol. The summed E-state index contributed by atoms with van der Waals surface area (Å²) in [6, 6.07) is 7.59. The van der Waals surface area contributed by atoms with E-state index in [-0.39, 0.29) is 6.10 Å². The Morgan fingerprint density at radius 1 is 1.29 bits per heavy atom. The topological polar surface area (TPSA) is 46.2 Å². The Hall–Kier alpha value is -1.02. The van der Waals surface area contributed by atoms with Crippen LogP contribution in [0, 0.1) is 5.92 Å². The summed E-state index contributed by atoms with van der Waals surface area (Å²) in [5.74, 6) is 0.441. The van der Waals surface area contributed by atoms with Gasteiger partial charge in [-0.1, -0.05) is 25.0 Å². The number of nitrogens with two attached hydrogens (primary N) is 1. The number of hydrogen-bond acceptors (Lipinski definition) is 2. The lowest BCUT2D eigenvalue weighted by Crippen LogP contribution is -2.08. The van der Waals surface area contributed by atoms with Gasteiger partial charge in [-0.05, 0) is 36.5 Å². The van der Waals surface area contributed by atoms with Gasteiger partial charge < -0.3 is 10.8 Å². The molecule has 14 heavy (non-hydrogen) atoms. The first-order valence-electron chi connectivity index (χ1n) is 5.31. The Balaban J connectivity index is 2.13. The van der Waals surface area contributed by atoms with Gasteiger partial charge in [0.1, 0.15) is 0 Å². The molecule has 0 saturated heterocycles. The van der Waals surface area contributed by atoms with E-state index in [0.717, 1.165) is 24.1 Å². The number of nitrogen functional groups attached to an aromatic ring is 1. The van der Waals surface area contributed by atoms with E-state index in [1.165, 1.54) is 12.8 Å². The highest BCUT2D eigenvalue weighted by Crippen LogP contribution is 2.35. The number of aliphatic hydroxyl groups is 1. The monoisotopic (exact) mass is 191 g/mol. The first kappa shape index (κ1) is 9.53. The molecule has 0 spiro atoms. The van der Waals surface area contributed by atoms with E-state index < -0.39 is 0 Å². The van der Waals surface area contributed by atoms with E-state index in [1.54, 1.807) is 0 Å². The second-order valence-electron chi connectivity index (χ2n) is 4.16. The van der Waals surface area contributed by atoms with Gasteiger partial charge in [-0.25, -0.2) is 0 Å². The van der Waals surface area contributed by atoms with Gasteiger partial charge in [0.2, 0.25) is 0 Å². The zero-order valence-corrected chi connectivity index (χ0v) is 8.32. The first-order chi connectivity index (χ1) is 6.77. The molecule has 0 amide bonds. The third-order valence-corrected chi connectivity index (χ3v) is 3.10. The second-order valence-corrected chi connectivity index (χ2v) is 4.16. The summed E-state index contributed by atoms with van der Waals surface area (Å²) >= 11 is 0. The highest BCUT2D eigenvalue weighted by molar-refractivity contribution is 5.41. The molecular weight excluding hydrogens is 174 g/mol. The fraction of sp³-hybridized carbons (Fsp3) is 0.500. The molecular formula is C12H17NO. The van der Waals surface area contributed by atoms with Gasteiger partial charge in [-0.2, -0.15) is 0 Å². The van der Waals surface area contributed by atoms with Crippen LogP contribution in [-0.4, -0.2) is 5.11 Å². The smallest absolute Gasteiger partial charge is 0.0818 e. The van der Waals surface area contributed by atoms with Crippen molar-refractivity contribution in [2.24, 2.45) is 5.92 Å². The molecule has 76 valence electrons. The van der Waals surface area contributed by atoms with Crippen molar-refractivity contribution in [3.05, 3.63) is 29.8 Å². The minimum atomic E-state index is -0.319. The quantitative estimate of drug-likeness (QED) is 0.705. The molecule has 1 atom stereocenters. The van der Waals surface area contributed by atoms with Crippen LogP contribution in [0.4, 0.5) is 5.69 Å². The van der Waals surface area contributed by atoms with Crippen LogP contribution in [0.25, 0.3) is 0 Å². The molecule has 0 heterocycles. The maximum absolute atomic E-state index is 10.1. The number of anilines is 1. The molecule has 1 unspecified atom stereocenters. The van der Waals surface area contributed by atoms with Crippen LogP contribution in [0.15, 0.2) is 24.3 Å². The van der Waals surface area contributed by atoms with Crippen molar-refractivity contribution in [3.63, 3.8) is 0 Å². The van der Waals surface area contributed by atoms with E-state index in [2.05, 4.69) is 0 Å². The van der Waals surface area contributed by atoms with Crippen LogP contribution in [0.2, 0.25) is 0 Å². The Bertz CT molecular complexity index is 305. The Morgan fingerprint density at radius 2 is 2.00 bits per heavy atom. The Morgan fingerprint density at radius 3 is 2.64 bits per heavy atom. The third-order valence-electron chi connectivity index (χ3n) is 3.10. The second kappa shape index (κ2) is 4.01. The van der Waals surface area contributed by atoms with Crippen molar-refractivity contribution in [1.29, 1.82) is 0 Å². The third kappa shape index (κ3) is 1.90. The van der Waals surface area contributed by atoms with Gasteiger partial charge in [0.25, 0.3) is 0 Å². The van der Waals surface area contributed by atoms with Crippen LogP contribution in [0.5, 0.6) is 0 Å². The molecule has 0 radical (unpaired) electrons. The number of hydrogen-bond donors (Lipinski definition) is 2. The Kier molecular flexibility index (Phi) is 2.73. The molecule has 1 fully saturated rings. The van der Waals surface area contributed by atoms with Crippen LogP contribution < -0.4 is 5.73 Å². The predicted octanol–water partition coefficient (Wildman–Crippen LogP) is 2.49. The molecule has 0 bridgehead atoms. The zero-order chi connectivity index (χ0) is 9.97. The molecule has 2 nitrogen and oxygen atoms in total. The molecule has 3 N–H and O–H groups in total. The summed E-state index contributed by atoms with van der Waals surface area (Å²) in [5.41, 5.74) is 7.39. The maximum Gasteiger partial charge on any atom is 0.0818 e. The Labute approximate surface area is 84.7 Å². The van der Waals surface area contributed by atoms with Crippen LogP contribution in [-0.2, 0) is 0 Å². The molecule has 1 aromatic carbocycles. The summed E-state index contributed by atoms with van der Waals surface area (Å²) in [6.07, 6.45) is 4.49. The van der Waals surface area contributed by atoms with Gasteiger partial charge in [0.05, 0.1) is 6.10 Å². The van der Waals surface area contributed by atoms with E-state index in [0.29, 0.717) is 5.92 Å². The van der Waals surface area contributed by atoms with Crippen molar-refractivity contribution in [1.82, 2.24) is 0 Å². The predicted molar refractivity (Wildman–Crippen MR) is 57.8 cm³/mol. The molecule has 1 aliphatic carbocycles. The highest BCUT2D eigenvalue weighted by atomic mass is 16.3. The van der Waals surface area contributed by atoms with Crippen LogP contribution in [0.3, 0.4) is 0 Å². The summed E-state index contributed by atoms with van der Waals surface area (Å²) in [5, 5.41) is 10.1.